The summed E-state index contributed by atoms with van der Waals surface area (Å²) >= 11 is 5.92. The van der Waals surface area contributed by atoms with E-state index in [1.807, 2.05) is 23.0 Å². The van der Waals surface area contributed by atoms with Crippen LogP contribution in [-0.2, 0) is 6.54 Å². The van der Waals surface area contributed by atoms with Gasteiger partial charge in [0.2, 0.25) is 0 Å². The standard InChI is InChI=1S/C14H15ClN6/c15-12-1-2-14(18-13(12)9-16)20-6-3-11(4-7-20)10-21-8-5-17-19-21/h1-2,5,8,11H,3-4,6-7,10H2. The summed E-state index contributed by atoms with van der Waals surface area (Å²) in [4.78, 5) is 6.52. The van der Waals surface area contributed by atoms with Crippen LogP contribution in [0.15, 0.2) is 24.5 Å². The van der Waals surface area contributed by atoms with Gasteiger partial charge in [-0.1, -0.05) is 16.8 Å². The van der Waals surface area contributed by atoms with Gasteiger partial charge in [-0.2, -0.15) is 5.26 Å². The summed E-state index contributed by atoms with van der Waals surface area (Å²) < 4.78 is 1.88. The Labute approximate surface area is 128 Å². The molecule has 7 heteroatoms. The number of nitriles is 1. The maximum Gasteiger partial charge on any atom is 0.161 e. The molecule has 2 aromatic heterocycles. The predicted octanol–water partition coefficient (Wildman–Crippen LogP) is 2.11. The van der Waals surface area contributed by atoms with Crippen LogP contribution in [-0.4, -0.2) is 33.1 Å². The molecule has 1 fully saturated rings. The highest BCUT2D eigenvalue weighted by Crippen LogP contribution is 2.24. The molecule has 0 bridgehead atoms. The third kappa shape index (κ3) is 3.14. The second-order valence-electron chi connectivity index (χ2n) is 5.17. The van der Waals surface area contributed by atoms with E-state index in [2.05, 4.69) is 20.2 Å². The Hall–Kier alpha value is -2.13. The Morgan fingerprint density at radius 2 is 2.14 bits per heavy atom. The van der Waals surface area contributed by atoms with Gasteiger partial charge in [0.05, 0.1) is 11.2 Å². The van der Waals surface area contributed by atoms with Crippen molar-refractivity contribution in [3.05, 3.63) is 35.2 Å². The molecule has 0 N–H and O–H groups in total. The van der Waals surface area contributed by atoms with Gasteiger partial charge in [0, 0.05) is 25.8 Å². The number of halogens is 1. The third-order valence-corrected chi connectivity index (χ3v) is 4.10. The first kappa shape index (κ1) is 13.8. The fraction of sp³-hybridized carbons (Fsp3) is 0.429. The number of hydrogen-bond donors (Lipinski definition) is 0. The maximum atomic E-state index is 9.00. The maximum absolute atomic E-state index is 9.00. The second-order valence-corrected chi connectivity index (χ2v) is 5.57. The molecule has 6 nitrogen and oxygen atoms in total. The molecule has 0 spiro atoms. The van der Waals surface area contributed by atoms with Gasteiger partial charge in [-0.3, -0.25) is 4.68 Å². The molecular formula is C14H15ClN6. The SMILES string of the molecule is N#Cc1nc(N2CCC(Cn3ccnn3)CC2)ccc1Cl. The Bertz CT molecular complexity index is 640. The minimum Gasteiger partial charge on any atom is -0.357 e. The van der Waals surface area contributed by atoms with Crippen molar-refractivity contribution in [1.29, 1.82) is 5.26 Å². The fourth-order valence-corrected chi connectivity index (χ4v) is 2.77. The van der Waals surface area contributed by atoms with E-state index in [0.717, 1.165) is 38.3 Å². The van der Waals surface area contributed by atoms with Crippen molar-refractivity contribution in [2.24, 2.45) is 5.92 Å². The Morgan fingerprint density at radius 1 is 1.33 bits per heavy atom. The average Bonchev–Trinajstić information content (AvgIpc) is 3.02. The average molecular weight is 303 g/mol. The summed E-state index contributed by atoms with van der Waals surface area (Å²) in [5.74, 6) is 1.43. The van der Waals surface area contributed by atoms with Crippen molar-refractivity contribution >= 4 is 17.4 Å². The van der Waals surface area contributed by atoms with Crippen molar-refractivity contribution in [2.75, 3.05) is 18.0 Å². The smallest absolute Gasteiger partial charge is 0.161 e. The summed E-state index contributed by atoms with van der Waals surface area (Å²) in [6.07, 6.45) is 5.75. The number of nitrogens with zero attached hydrogens (tertiary/aromatic N) is 6. The van der Waals surface area contributed by atoms with E-state index in [0.29, 0.717) is 16.6 Å². The molecule has 0 atom stereocenters. The van der Waals surface area contributed by atoms with E-state index in [-0.39, 0.29) is 0 Å². The topological polar surface area (TPSA) is 70.6 Å². The van der Waals surface area contributed by atoms with Crippen molar-refractivity contribution in [3.8, 4) is 6.07 Å². The van der Waals surface area contributed by atoms with E-state index in [9.17, 15) is 0 Å². The fourth-order valence-electron chi connectivity index (χ4n) is 2.63. The van der Waals surface area contributed by atoms with Crippen LogP contribution in [0.1, 0.15) is 18.5 Å². The van der Waals surface area contributed by atoms with Crippen LogP contribution >= 0.6 is 11.6 Å². The second kappa shape index (κ2) is 6.10. The zero-order valence-corrected chi connectivity index (χ0v) is 12.2. The molecule has 1 aliphatic rings. The first-order valence-corrected chi connectivity index (χ1v) is 7.30. The highest BCUT2D eigenvalue weighted by Gasteiger charge is 2.21. The zero-order chi connectivity index (χ0) is 14.7. The number of aromatic nitrogens is 4. The summed E-state index contributed by atoms with van der Waals surface area (Å²) in [5, 5.41) is 17.2. The van der Waals surface area contributed by atoms with E-state index >= 15 is 0 Å². The van der Waals surface area contributed by atoms with E-state index < -0.39 is 0 Å². The lowest BCUT2D eigenvalue weighted by Gasteiger charge is -2.32. The third-order valence-electron chi connectivity index (χ3n) is 3.79. The molecule has 0 saturated carbocycles. The normalized spacial score (nSPS) is 15.9. The van der Waals surface area contributed by atoms with Gasteiger partial charge in [0.15, 0.2) is 5.69 Å². The predicted molar refractivity (Wildman–Crippen MR) is 78.9 cm³/mol. The van der Waals surface area contributed by atoms with E-state index in [4.69, 9.17) is 16.9 Å². The Balaban J connectivity index is 1.62. The quantitative estimate of drug-likeness (QED) is 0.868. The first-order valence-electron chi connectivity index (χ1n) is 6.92. The van der Waals surface area contributed by atoms with Crippen LogP contribution in [0.2, 0.25) is 5.02 Å². The highest BCUT2D eigenvalue weighted by molar-refractivity contribution is 6.31. The van der Waals surface area contributed by atoms with Crippen LogP contribution in [0.25, 0.3) is 0 Å². The summed E-state index contributed by atoms with van der Waals surface area (Å²) in [5.41, 5.74) is 0.291. The number of hydrogen-bond acceptors (Lipinski definition) is 5. The molecule has 0 aromatic carbocycles. The molecule has 0 aliphatic carbocycles. The minimum absolute atomic E-state index is 0.291. The molecule has 0 unspecified atom stereocenters. The summed E-state index contributed by atoms with van der Waals surface area (Å²) in [7, 11) is 0. The van der Waals surface area contributed by atoms with E-state index in [1.54, 1.807) is 12.3 Å². The van der Waals surface area contributed by atoms with Crippen molar-refractivity contribution < 1.29 is 0 Å². The summed E-state index contributed by atoms with van der Waals surface area (Å²) in [6, 6.07) is 5.64. The van der Waals surface area contributed by atoms with Gasteiger partial charge in [0.1, 0.15) is 11.9 Å². The molecule has 2 aromatic rings. The number of pyridine rings is 1. The summed E-state index contributed by atoms with van der Waals surface area (Å²) in [6.45, 7) is 2.77. The molecule has 3 heterocycles. The largest absolute Gasteiger partial charge is 0.357 e. The van der Waals surface area contributed by atoms with Crippen molar-refractivity contribution in [2.45, 2.75) is 19.4 Å². The molecule has 21 heavy (non-hydrogen) atoms. The Morgan fingerprint density at radius 3 is 2.81 bits per heavy atom. The van der Waals surface area contributed by atoms with Gasteiger partial charge >= 0.3 is 0 Å². The van der Waals surface area contributed by atoms with Crippen LogP contribution in [0.5, 0.6) is 0 Å². The first-order chi connectivity index (χ1) is 10.3. The number of piperidine rings is 1. The minimum atomic E-state index is 0.291. The Kier molecular flexibility index (Phi) is 4.02. The van der Waals surface area contributed by atoms with Crippen LogP contribution < -0.4 is 4.90 Å². The molecule has 1 saturated heterocycles. The molecule has 3 rings (SSSR count). The highest BCUT2D eigenvalue weighted by atomic mass is 35.5. The number of rotatable bonds is 3. The number of anilines is 1. The lowest BCUT2D eigenvalue weighted by Crippen LogP contribution is -2.35. The van der Waals surface area contributed by atoms with Gasteiger partial charge in [0.25, 0.3) is 0 Å². The molecular weight excluding hydrogens is 288 g/mol. The van der Waals surface area contributed by atoms with Gasteiger partial charge in [-0.15, -0.1) is 5.10 Å². The van der Waals surface area contributed by atoms with E-state index in [1.165, 1.54) is 0 Å². The van der Waals surface area contributed by atoms with Crippen LogP contribution in [0, 0.1) is 17.2 Å². The monoisotopic (exact) mass is 302 g/mol. The molecule has 0 amide bonds. The van der Waals surface area contributed by atoms with Gasteiger partial charge in [-0.05, 0) is 30.9 Å². The lowest BCUT2D eigenvalue weighted by atomic mass is 9.97. The lowest BCUT2D eigenvalue weighted by molar-refractivity contribution is 0.338. The molecule has 0 radical (unpaired) electrons. The van der Waals surface area contributed by atoms with Crippen molar-refractivity contribution in [3.63, 3.8) is 0 Å². The zero-order valence-electron chi connectivity index (χ0n) is 11.5. The van der Waals surface area contributed by atoms with Crippen LogP contribution in [0.4, 0.5) is 5.82 Å². The van der Waals surface area contributed by atoms with Gasteiger partial charge in [-0.25, -0.2) is 4.98 Å². The van der Waals surface area contributed by atoms with Crippen molar-refractivity contribution in [1.82, 2.24) is 20.0 Å². The molecule has 108 valence electrons. The molecule has 1 aliphatic heterocycles. The van der Waals surface area contributed by atoms with Crippen LogP contribution in [0.3, 0.4) is 0 Å². The van der Waals surface area contributed by atoms with Gasteiger partial charge < -0.3 is 4.90 Å².